The minimum atomic E-state index is 0.0443. The maximum absolute atomic E-state index is 12.3. The van der Waals surface area contributed by atoms with E-state index in [-0.39, 0.29) is 5.91 Å². The molecule has 1 amide bonds. The van der Waals surface area contributed by atoms with Crippen molar-refractivity contribution in [3.05, 3.63) is 34.3 Å². The van der Waals surface area contributed by atoms with Gasteiger partial charge in [0.1, 0.15) is 0 Å². The number of carbonyl (C=O) groups is 1. The molecule has 2 rings (SSSR count). The summed E-state index contributed by atoms with van der Waals surface area (Å²) in [5, 5.41) is 0.578. The summed E-state index contributed by atoms with van der Waals surface area (Å²) in [5.41, 5.74) is 1.57. The molecule has 1 fully saturated rings. The Morgan fingerprint density at radius 1 is 1.53 bits per heavy atom. The third-order valence-corrected chi connectivity index (χ3v) is 4.32. The molecule has 0 bridgehead atoms. The summed E-state index contributed by atoms with van der Waals surface area (Å²) in [6.07, 6.45) is 2.18. The molecule has 1 aliphatic rings. The highest BCUT2D eigenvalue weighted by Gasteiger charge is 2.24. The molecule has 17 heavy (non-hydrogen) atoms. The Bertz CT molecular complexity index is 435. The number of likely N-dealkylation sites (tertiary alicyclic amines) is 1. The first-order valence-electron chi connectivity index (χ1n) is 5.78. The van der Waals surface area contributed by atoms with Crippen molar-refractivity contribution < 1.29 is 4.79 Å². The van der Waals surface area contributed by atoms with Crippen molar-refractivity contribution in [2.45, 2.75) is 24.6 Å². The van der Waals surface area contributed by atoms with E-state index in [9.17, 15) is 4.79 Å². The van der Waals surface area contributed by atoms with Gasteiger partial charge in [0.05, 0.1) is 10.6 Å². The van der Waals surface area contributed by atoms with Crippen molar-refractivity contribution in [2.24, 2.45) is 0 Å². The summed E-state index contributed by atoms with van der Waals surface area (Å²) in [5.74, 6) is 0.0443. The fourth-order valence-corrected chi connectivity index (χ4v) is 2.97. The average Bonchev–Trinajstić information content (AvgIpc) is 2.32. The van der Waals surface area contributed by atoms with Gasteiger partial charge in [0.25, 0.3) is 5.91 Å². The zero-order valence-corrected chi connectivity index (χ0v) is 12.1. The number of carbonyl (C=O) groups excluding carboxylic acids is 1. The quantitative estimate of drug-likeness (QED) is 0.724. The molecule has 0 radical (unpaired) electrons. The largest absolute Gasteiger partial charge is 0.337 e. The molecule has 1 unspecified atom stereocenters. The van der Waals surface area contributed by atoms with Crippen molar-refractivity contribution in [1.29, 1.82) is 0 Å². The minimum absolute atomic E-state index is 0.0443. The average molecular weight is 317 g/mol. The van der Waals surface area contributed by atoms with Gasteiger partial charge in [0.2, 0.25) is 0 Å². The molecule has 0 N–H and O–H groups in total. The number of amides is 1. The van der Waals surface area contributed by atoms with Crippen LogP contribution in [0.4, 0.5) is 0 Å². The predicted octanol–water partition coefficient (Wildman–Crippen LogP) is 3.65. The fourth-order valence-electron chi connectivity index (χ4n) is 2.09. The molecule has 0 aliphatic carbocycles. The van der Waals surface area contributed by atoms with E-state index < -0.39 is 0 Å². The number of hydrogen-bond acceptors (Lipinski definition) is 1. The van der Waals surface area contributed by atoms with Crippen LogP contribution < -0.4 is 0 Å². The Balaban J connectivity index is 2.22. The number of piperidine rings is 1. The van der Waals surface area contributed by atoms with Gasteiger partial charge in [-0.05, 0) is 31.4 Å². The molecule has 0 spiro atoms. The molecule has 4 heteroatoms. The van der Waals surface area contributed by atoms with Gasteiger partial charge in [-0.25, -0.2) is 0 Å². The normalized spacial score (nSPS) is 20.4. The number of nitrogens with zero attached hydrogens (tertiary/aromatic N) is 1. The number of hydrogen-bond donors (Lipinski definition) is 0. The summed E-state index contributed by atoms with van der Waals surface area (Å²) in [7, 11) is 0. The van der Waals surface area contributed by atoms with Gasteiger partial charge in [-0.1, -0.05) is 39.7 Å². The summed E-state index contributed by atoms with van der Waals surface area (Å²) in [4.78, 5) is 14.6. The van der Waals surface area contributed by atoms with Gasteiger partial charge in [-0.3, -0.25) is 4.79 Å². The molecule has 92 valence electrons. The number of aryl methyl sites for hydroxylation is 1. The van der Waals surface area contributed by atoms with Crippen LogP contribution in [-0.4, -0.2) is 28.7 Å². The maximum Gasteiger partial charge on any atom is 0.255 e. The monoisotopic (exact) mass is 315 g/mol. The lowest BCUT2D eigenvalue weighted by molar-refractivity contribution is 0.0730. The Labute approximate surface area is 115 Å². The second-order valence-electron chi connectivity index (χ2n) is 4.43. The molecular weight excluding hydrogens is 302 g/mol. The van der Waals surface area contributed by atoms with Crippen molar-refractivity contribution in [2.75, 3.05) is 13.1 Å². The molecule has 0 aromatic heterocycles. The molecule has 1 heterocycles. The van der Waals surface area contributed by atoms with Crippen molar-refractivity contribution in [3.63, 3.8) is 0 Å². The third-order valence-electron chi connectivity index (χ3n) is 3.07. The van der Waals surface area contributed by atoms with Crippen LogP contribution in [0.1, 0.15) is 28.8 Å². The Kier molecular flexibility index (Phi) is 4.10. The highest BCUT2D eigenvalue weighted by molar-refractivity contribution is 9.09. The van der Waals surface area contributed by atoms with E-state index >= 15 is 0 Å². The van der Waals surface area contributed by atoms with E-state index in [2.05, 4.69) is 15.9 Å². The van der Waals surface area contributed by atoms with Crippen molar-refractivity contribution in [1.82, 2.24) is 4.90 Å². The van der Waals surface area contributed by atoms with Gasteiger partial charge in [0, 0.05) is 17.9 Å². The minimum Gasteiger partial charge on any atom is -0.337 e. The highest BCUT2D eigenvalue weighted by Crippen LogP contribution is 2.24. The molecule has 0 saturated carbocycles. The fraction of sp³-hybridized carbons (Fsp3) is 0.462. The molecule has 2 nitrogen and oxygen atoms in total. The zero-order valence-electron chi connectivity index (χ0n) is 9.75. The molecule has 1 aromatic carbocycles. The lowest BCUT2D eigenvalue weighted by atomic mass is 10.1. The van der Waals surface area contributed by atoms with E-state index in [0.717, 1.165) is 31.5 Å². The number of benzene rings is 1. The van der Waals surface area contributed by atoms with E-state index in [1.807, 2.05) is 24.0 Å². The van der Waals surface area contributed by atoms with Gasteiger partial charge in [0.15, 0.2) is 0 Å². The topological polar surface area (TPSA) is 20.3 Å². The van der Waals surface area contributed by atoms with Crippen LogP contribution in [0.5, 0.6) is 0 Å². The molecule has 1 saturated heterocycles. The first kappa shape index (κ1) is 12.9. The first-order valence-corrected chi connectivity index (χ1v) is 7.07. The summed E-state index contributed by atoms with van der Waals surface area (Å²) in [6, 6.07) is 5.60. The lowest BCUT2D eigenvalue weighted by Gasteiger charge is -2.30. The summed E-state index contributed by atoms with van der Waals surface area (Å²) < 4.78 is 0. The second kappa shape index (κ2) is 5.40. The van der Waals surface area contributed by atoms with Crippen LogP contribution in [0.25, 0.3) is 0 Å². The van der Waals surface area contributed by atoms with E-state index in [1.54, 1.807) is 6.07 Å². The van der Waals surface area contributed by atoms with Crippen LogP contribution >= 0.6 is 27.5 Å². The van der Waals surface area contributed by atoms with Crippen LogP contribution in [0.15, 0.2) is 18.2 Å². The molecule has 1 aliphatic heterocycles. The SMILES string of the molecule is Cc1cccc(C(=O)N2CCCC(Br)C2)c1Cl. The smallest absolute Gasteiger partial charge is 0.255 e. The Morgan fingerprint density at radius 3 is 3.00 bits per heavy atom. The zero-order chi connectivity index (χ0) is 12.4. The van der Waals surface area contributed by atoms with Crippen molar-refractivity contribution >= 4 is 33.4 Å². The van der Waals surface area contributed by atoms with E-state index in [4.69, 9.17) is 11.6 Å². The molecular formula is C13H15BrClNO. The Hall–Kier alpha value is -0.540. The van der Waals surface area contributed by atoms with Crippen LogP contribution in [0, 0.1) is 6.92 Å². The number of halogens is 2. The summed E-state index contributed by atoms with van der Waals surface area (Å²) >= 11 is 9.76. The van der Waals surface area contributed by atoms with Gasteiger partial charge < -0.3 is 4.90 Å². The predicted molar refractivity (Wildman–Crippen MR) is 74.0 cm³/mol. The Morgan fingerprint density at radius 2 is 2.29 bits per heavy atom. The van der Waals surface area contributed by atoms with Crippen molar-refractivity contribution in [3.8, 4) is 0 Å². The highest BCUT2D eigenvalue weighted by atomic mass is 79.9. The van der Waals surface area contributed by atoms with E-state index in [0.29, 0.717) is 15.4 Å². The van der Waals surface area contributed by atoms with Gasteiger partial charge >= 0.3 is 0 Å². The second-order valence-corrected chi connectivity index (χ2v) is 6.10. The standard InChI is InChI=1S/C13H15BrClNO/c1-9-4-2-6-11(12(9)15)13(17)16-7-3-5-10(14)8-16/h2,4,6,10H,3,5,7-8H2,1H3. The van der Waals surface area contributed by atoms with E-state index in [1.165, 1.54) is 0 Å². The number of alkyl halides is 1. The molecule has 1 atom stereocenters. The van der Waals surface area contributed by atoms with Gasteiger partial charge in [-0.15, -0.1) is 0 Å². The first-order chi connectivity index (χ1) is 8.09. The number of rotatable bonds is 1. The maximum atomic E-state index is 12.3. The lowest BCUT2D eigenvalue weighted by Crippen LogP contribution is -2.40. The molecule has 1 aromatic rings. The van der Waals surface area contributed by atoms with Crippen LogP contribution in [-0.2, 0) is 0 Å². The van der Waals surface area contributed by atoms with Crippen LogP contribution in [0.3, 0.4) is 0 Å². The van der Waals surface area contributed by atoms with Crippen LogP contribution in [0.2, 0.25) is 5.02 Å². The van der Waals surface area contributed by atoms with Gasteiger partial charge in [-0.2, -0.15) is 0 Å². The summed E-state index contributed by atoms with van der Waals surface area (Å²) in [6.45, 7) is 3.51. The third kappa shape index (κ3) is 2.83.